The number of benzene rings is 1. The van der Waals surface area contributed by atoms with Gasteiger partial charge in [0.15, 0.2) is 0 Å². The van der Waals surface area contributed by atoms with Gasteiger partial charge in [-0.2, -0.15) is 13.2 Å². The second-order valence-electron chi connectivity index (χ2n) is 8.61. The number of hydrogen-bond acceptors (Lipinski definition) is 6. The van der Waals surface area contributed by atoms with Crippen molar-refractivity contribution in [2.45, 2.75) is 51.6 Å². The van der Waals surface area contributed by atoms with Crippen LogP contribution in [0.3, 0.4) is 0 Å². The minimum atomic E-state index is -4.60. The van der Waals surface area contributed by atoms with Crippen molar-refractivity contribution in [1.29, 1.82) is 0 Å². The Morgan fingerprint density at radius 1 is 1.21 bits per heavy atom. The van der Waals surface area contributed by atoms with Crippen LogP contribution in [0, 0.1) is 0 Å². The maximum atomic E-state index is 14.1. The van der Waals surface area contributed by atoms with Crippen molar-refractivity contribution < 1.29 is 22.6 Å². The van der Waals surface area contributed by atoms with Crippen molar-refractivity contribution in [3.63, 3.8) is 0 Å². The molecule has 1 aliphatic heterocycles. The topological polar surface area (TPSA) is 59.8 Å². The third kappa shape index (κ3) is 4.93. The summed E-state index contributed by atoms with van der Waals surface area (Å²) < 4.78 is 54.4. The third-order valence-electron chi connectivity index (χ3n) is 6.29. The summed E-state index contributed by atoms with van der Waals surface area (Å²) in [5.41, 5.74) is 0.00912. The minimum Gasteiger partial charge on any atom is -0.383 e. The Morgan fingerprint density at radius 3 is 2.44 bits per heavy atom. The van der Waals surface area contributed by atoms with E-state index in [0.29, 0.717) is 43.1 Å². The lowest BCUT2D eigenvalue weighted by Crippen LogP contribution is -2.40. The highest BCUT2D eigenvalue weighted by atomic mass is 19.4. The molecule has 1 aromatic carbocycles. The lowest BCUT2D eigenvalue weighted by molar-refractivity contribution is -0.137. The van der Waals surface area contributed by atoms with Crippen molar-refractivity contribution in [3.8, 4) is 11.4 Å². The van der Waals surface area contributed by atoms with Crippen LogP contribution in [-0.4, -0.2) is 63.2 Å². The predicted molar refractivity (Wildman–Crippen MR) is 127 cm³/mol. The van der Waals surface area contributed by atoms with E-state index < -0.39 is 11.7 Å². The molecule has 0 radical (unpaired) electrons. The normalized spacial score (nSPS) is 18.6. The number of ether oxygens (including phenoxy) is 2. The van der Waals surface area contributed by atoms with Gasteiger partial charge < -0.3 is 19.3 Å². The maximum absolute atomic E-state index is 14.1. The zero-order valence-electron chi connectivity index (χ0n) is 20.6. The van der Waals surface area contributed by atoms with Crippen LogP contribution in [0.25, 0.3) is 11.4 Å². The average Bonchev–Trinajstić information content (AvgIpc) is 3.20. The van der Waals surface area contributed by atoms with E-state index in [4.69, 9.17) is 9.47 Å². The Balaban J connectivity index is 2.25. The van der Waals surface area contributed by atoms with Gasteiger partial charge in [0.25, 0.3) is 5.56 Å². The van der Waals surface area contributed by atoms with Crippen molar-refractivity contribution in [2.75, 3.05) is 51.3 Å². The van der Waals surface area contributed by atoms with E-state index in [1.807, 2.05) is 11.8 Å². The molecule has 0 saturated carbocycles. The molecule has 0 N–H and O–H groups in total. The standard InChI is InChI=1S/C24H33F3N4O3/c1-7-20-21(31-13-17(34-6)11-16(31)14-33-5)23(32)30(8-2)22(28-20)18-10-9-15(29(3)4)12-19(18)24(25,26)27/h9-10,12,16-17H,7-8,11,13-14H2,1-6H3/t16?,17-/m1/s1. The number of methoxy groups -OCH3 is 2. The summed E-state index contributed by atoms with van der Waals surface area (Å²) in [6.07, 6.45) is -3.60. The number of aromatic nitrogens is 2. The largest absolute Gasteiger partial charge is 0.417 e. The summed E-state index contributed by atoms with van der Waals surface area (Å²) in [6, 6.07) is 4.01. The SMILES string of the molecule is CCc1nc(-c2ccc(N(C)C)cc2C(F)(F)F)n(CC)c(=O)c1N1C[C@H](OC)CC1COC. The van der Waals surface area contributed by atoms with E-state index in [2.05, 4.69) is 4.98 Å². The fourth-order valence-corrected chi connectivity index (χ4v) is 4.53. The molecule has 1 unspecified atom stereocenters. The van der Waals surface area contributed by atoms with Crippen LogP contribution < -0.4 is 15.4 Å². The number of rotatable bonds is 8. The Bertz CT molecular complexity index is 1070. The van der Waals surface area contributed by atoms with E-state index in [9.17, 15) is 18.0 Å². The minimum absolute atomic E-state index is 0.0245. The molecule has 10 heteroatoms. The Kier molecular flexibility index (Phi) is 7.92. The van der Waals surface area contributed by atoms with Gasteiger partial charge in [0.2, 0.25) is 0 Å². The summed E-state index contributed by atoms with van der Waals surface area (Å²) in [7, 11) is 6.58. The van der Waals surface area contributed by atoms with E-state index in [-0.39, 0.29) is 35.6 Å². The molecular weight excluding hydrogens is 449 g/mol. The van der Waals surface area contributed by atoms with Crippen LogP contribution in [0.15, 0.2) is 23.0 Å². The molecule has 0 aliphatic carbocycles. The number of alkyl halides is 3. The molecule has 34 heavy (non-hydrogen) atoms. The van der Waals surface area contributed by atoms with Gasteiger partial charge in [-0.3, -0.25) is 9.36 Å². The molecule has 188 valence electrons. The molecule has 0 spiro atoms. The van der Waals surface area contributed by atoms with Crippen LogP contribution in [0.4, 0.5) is 24.5 Å². The molecule has 0 amide bonds. The van der Waals surface area contributed by atoms with E-state index >= 15 is 0 Å². The number of anilines is 2. The van der Waals surface area contributed by atoms with Crippen molar-refractivity contribution >= 4 is 11.4 Å². The van der Waals surface area contributed by atoms with Gasteiger partial charge in [-0.05, 0) is 38.0 Å². The molecule has 0 bridgehead atoms. The highest BCUT2D eigenvalue weighted by Crippen LogP contribution is 2.39. The molecule has 1 saturated heterocycles. The second kappa shape index (κ2) is 10.4. The lowest BCUT2D eigenvalue weighted by atomic mass is 10.0. The first-order chi connectivity index (χ1) is 16.1. The molecule has 1 aliphatic rings. The highest BCUT2D eigenvalue weighted by molar-refractivity contribution is 5.68. The van der Waals surface area contributed by atoms with Gasteiger partial charge in [-0.1, -0.05) is 6.92 Å². The first kappa shape index (κ1) is 26.0. The quantitative estimate of drug-likeness (QED) is 0.570. The summed E-state index contributed by atoms with van der Waals surface area (Å²) in [6.45, 7) is 4.66. The van der Waals surface area contributed by atoms with Gasteiger partial charge in [0, 0.05) is 52.7 Å². The molecule has 3 rings (SSSR count). The van der Waals surface area contributed by atoms with Gasteiger partial charge >= 0.3 is 6.18 Å². The number of nitrogens with zero attached hydrogens (tertiary/aromatic N) is 4. The summed E-state index contributed by atoms with van der Waals surface area (Å²) in [5, 5.41) is 0. The summed E-state index contributed by atoms with van der Waals surface area (Å²) >= 11 is 0. The number of hydrogen-bond donors (Lipinski definition) is 0. The molecular formula is C24H33F3N4O3. The second-order valence-corrected chi connectivity index (χ2v) is 8.61. The zero-order chi connectivity index (χ0) is 25.2. The Labute approximate surface area is 198 Å². The predicted octanol–water partition coefficient (Wildman–Crippen LogP) is 3.82. The first-order valence-corrected chi connectivity index (χ1v) is 11.4. The van der Waals surface area contributed by atoms with Crippen molar-refractivity contribution in [1.82, 2.24) is 9.55 Å². The monoisotopic (exact) mass is 482 g/mol. The highest BCUT2D eigenvalue weighted by Gasteiger charge is 2.38. The molecule has 2 heterocycles. The first-order valence-electron chi connectivity index (χ1n) is 11.4. The molecule has 7 nitrogen and oxygen atoms in total. The zero-order valence-corrected chi connectivity index (χ0v) is 20.6. The van der Waals surface area contributed by atoms with Gasteiger partial charge in [0.05, 0.1) is 30.0 Å². The van der Waals surface area contributed by atoms with Crippen LogP contribution in [-0.2, 0) is 28.6 Å². The lowest BCUT2D eigenvalue weighted by Gasteiger charge is -2.28. The molecule has 2 aromatic rings. The molecule has 1 fully saturated rings. The maximum Gasteiger partial charge on any atom is 0.417 e. The third-order valence-corrected chi connectivity index (χ3v) is 6.29. The smallest absolute Gasteiger partial charge is 0.383 e. The van der Waals surface area contributed by atoms with Crippen LogP contribution in [0.5, 0.6) is 0 Å². The number of halogens is 3. The molecule has 1 aromatic heterocycles. The van der Waals surface area contributed by atoms with E-state index in [1.165, 1.54) is 10.6 Å². The van der Waals surface area contributed by atoms with Crippen LogP contribution in [0.1, 0.15) is 31.5 Å². The summed E-state index contributed by atoms with van der Waals surface area (Å²) in [4.78, 5) is 22.0. The van der Waals surface area contributed by atoms with Gasteiger partial charge in [-0.25, -0.2) is 4.98 Å². The van der Waals surface area contributed by atoms with Gasteiger partial charge in [0.1, 0.15) is 11.5 Å². The fourth-order valence-electron chi connectivity index (χ4n) is 4.53. The van der Waals surface area contributed by atoms with Crippen molar-refractivity contribution in [2.24, 2.45) is 0 Å². The van der Waals surface area contributed by atoms with Crippen molar-refractivity contribution in [3.05, 3.63) is 39.8 Å². The van der Waals surface area contributed by atoms with E-state index in [0.717, 1.165) is 6.07 Å². The Hall–Kier alpha value is -2.59. The Morgan fingerprint density at radius 2 is 1.91 bits per heavy atom. The van der Waals surface area contributed by atoms with Gasteiger partial charge in [-0.15, -0.1) is 0 Å². The summed E-state index contributed by atoms with van der Waals surface area (Å²) in [5.74, 6) is 0.0245. The van der Waals surface area contributed by atoms with Crippen LogP contribution >= 0.6 is 0 Å². The fraction of sp³-hybridized carbons (Fsp3) is 0.583. The molecule has 2 atom stereocenters. The average molecular weight is 483 g/mol. The number of aryl methyl sites for hydroxylation is 1. The van der Waals surface area contributed by atoms with Crippen LogP contribution in [0.2, 0.25) is 0 Å². The van der Waals surface area contributed by atoms with E-state index in [1.54, 1.807) is 46.2 Å².